The van der Waals surface area contributed by atoms with Crippen LogP contribution in [0.4, 0.5) is 14.6 Å². The van der Waals surface area contributed by atoms with E-state index in [9.17, 15) is 13.6 Å². The Kier molecular flexibility index (Phi) is 5.83. The molecule has 0 saturated heterocycles. The Morgan fingerprint density at radius 3 is 2.68 bits per heavy atom. The van der Waals surface area contributed by atoms with Crippen molar-refractivity contribution in [3.05, 3.63) is 77.8 Å². The van der Waals surface area contributed by atoms with Crippen molar-refractivity contribution in [3.63, 3.8) is 0 Å². The Morgan fingerprint density at radius 1 is 1.13 bits per heavy atom. The lowest BCUT2D eigenvalue weighted by Crippen LogP contribution is -2.15. The molecule has 1 N–H and O–H groups in total. The summed E-state index contributed by atoms with van der Waals surface area (Å²) in [6.45, 7) is 1.77. The van der Waals surface area contributed by atoms with E-state index >= 15 is 0 Å². The molecule has 2 aromatic carbocycles. The van der Waals surface area contributed by atoms with Crippen molar-refractivity contribution in [1.29, 1.82) is 0 Å². The maximum Gasteiger partial charge on any atom is 0.226 e. The van der Waals surface area contributed by atoms with Crippen LogP contribution in [0.5, 0.6) is 0 Å². The van der Waals surface area contributed by atoms with Gasteiger partial charge in [0.1, 0.15) is 23.1 Å². The third-order valence-electron chi connectivity index (χ3n) is 4.54. The molecular weight excluding hydrogens is 404 g/mol. The molecule has 0 aliphatic carbocycles. The minimum atomic E-state index is -0.436. The number of aromatic nitrogens is 4. The van der Waals surface area contributed by atoms with Crippen molar-refractivity contribution in [2.24, 2.45) is 0 Å². The number of hydrogen-bond acceptors (Lipinski definition) is 5. The number of nitrogens with one attached hydrogen (secondary N) is 1. The molecule has 158 valence electrons. The van der Waals surface area contributed by atoms with E-state index in [0.717, 1.165) is 0 Å². The number of carbonyl (C=O) groups is 1. The molecule has 0 fully saturated rings. The van der Waals surface area contributed by atoms with Crippen molar-refractivity contribution < 1.29 is 18.1 Å². The molecule has 4 aromatic rings. The number of hydrogen-bond donors (Lipinski definition) is 1. The van der Waals surface area contributed by atoms with Crippen molar-refractivity contribution in [2.75, 3.05) is 5.32 Å². The van der Waals surface area contributed by atoms with Gasteiger partial charge in [-0.05, 0) is 49.7 Å². The summed E-state index contributed by atoms with van der Waals surface area (Å²) in [5.41, 5.74) is 1.55. The summed E-state index contributed by atoms with van der Waals surface area (Å²) in [6, 6.07) is 13.7. The highest BCUT2D eigenvalue weighted by Gasteiger charge is 2.14. The van der Waals surface area contributed by atoms with E-state index in [-0.39, 0.29) is 23.8 Å². The number of para-hydroxylation sites is 1. The average Bonchev–Trinajstić information content (AvgIpc) is 3.35. The molecule has 9 heteroatoms. The number of halogens is 2. The monoisotopic (exact) mass is 423 g/mol. The summed E-state index contributed by atoms with van der Waals surface area (Å²) in [5, 5.41) is 10.9. The van der Waals surface area contributed by atoms with Crippen molar-refractivity contribution >= 4 is 11.7 Å². The quantitative estimate of drug-likeness (QED) is 0.474. The molecular formula is C22H19F2N5O2. The SMILES string of the molecule is Cc1cc(NC(=O)CCCc2nc(-c3ccc(F)cc3)no2)n(-c2ccccc2F)n1. The molecule has 0 aliphatic heterocycles. The number of benzene rings is 2. The van der Waals surface area contributed by atoms with Gasteiger partial charge < -0.3 is 9.84 Å². The molecule has 31 heavy (non-hydrogen) atoms. The third-order valence-corrected chi connectivity index (χ3v) is 4.54. The van der Waals surface area contributed by atoms with Gasteiger partial charge in [0.2, 0.25) is 17.6 Å². The molecule has 1 amide bonds. The summed E-state index contributed by atoms with van der Waals surface area (Å²) < 4.78 is 33.7. The van der Waals surface area contributed by atoms with Gasteiger partial charge in [0, 0.05) is 24.5 Å². The highest BCUT2D eigenvalue weighted by atomic mass is 19.1. The molecule has 0 atom stereocenters. The molecule has 2 heterocycles. The number of anilines is 1. The second-order valence-corrected chi connectivity index (χ2v) is 6.95. The third kappa shape index (κ3) is 4.82. The highest BCUT2D eigenvalue weighted by Crippen LogP contribution is 2.20. The maximum atomic E-state index is 14.1. The minimum Gasteiger partial charge on any atom is -0.339 e. The van der Waals surface area contributed by atoms with Crippen molar-refractivity contribution in [1.82, 2.24) is 19.9 Å². The number of nitrogens with zero attached hydrogens (tertiary/aromatic N) is 4. The number of rotatable bonds is 7. The Morgan fingerprint density at radius 2 is 1.90 bits per heavy atom. The summed E-state index contributed by atoms with van der Waals surface area (Å²) >= 11 is 0. The molecule has 0 aliphatic rings. The smallest absolute Gasteiger partial charge is 0.226 e. The van der Waals surface area contributed by atoms with Gasteiger partial charge in [-0.3, -0.25) is 4.79 Å². The molecule has 0 radical (unpaired) electrons. The summed E-state index contributed by atoms with van der Waals surface area (Å²) in [5.74, 6) is 0.127. The fourth-order valence-corrected chi connectivity index (χ4v) is 3.07. The van der Waals surface area contributed by atoms with Crippen LogP contribution in [0.15, 0.2) is 59.1 Å². The molecule has 7 nitrogen and oxygen atoms in total. The zero-order valence-electron chi connectivity index (χ0n) is 16.7. The predicted octanol–water partition coefficient (Wildman–Crippen LogP) is 4.47. The van der Waals surface area contributed by atoms with Crippen LogP contribution in [-0.4, -0.2) is 25.8 Å². The Bertz CT molecular complexity index is 1200. The fraction of sp³-hybridized carbons (Fsp3) is 0.182. The fourth-order valence-electron chi connectivity index (χ4n) is 3.07. The zero-order valence-corrected chi connectivity index (χ0v) is 16.7. The molecule has 4 rings (SSSR count). The van der Waals surface area contributed by atoms with Crippen LogP contribution < -0.4 is 5.32 Å². The predicted molar refractivity (Wildman–Crippen MR) is 110 cm³/mol. The lowest BCUT2D eigenvalue weighted by atomic mass is 10.2. The Labute approximate surface area is 176 Å². The molecule has 2 aromatic heterocycles. The lowest BCUT2D eigenvalue weighted by Gasteiger charge is -2.09. The van der Waals surface area contributed by atoms with Crippen LogP contribution in [0.3, 0.4) is 0 Å². The van der Waals surface area contributed by atoms with Gasteiger partial charge in [0.15, 0.2) is 0 Å². The van der Waals surface area contributed by atoms with E-state index in [1.165, 1.54) is 22.9 Å². The van der Waals surface area contributed by atoms with Crippen LogP contribution in [0.2, 0.25) is 0 Å². The average molecular weight is 423 g/mol. The summed E-state index contributed by atoms with van der Waals surface area (Å²) in [7, 11) is 0. The molecule has 0 spiro atoms. The van der Waals surface area contributed by atoms with Crippen molar-refractivity contribution in [2.45, 2.75) is 26.2 Å². The van der Waals surface area contributed by atoms with Gasteiger partial charge in [0.05, 0.1) is 5.69 Å². The van der Waals surface area contributed by atoms with E-state index in [1.807, 2.05) is 0 Å². The normalized spacial score (nSPS) is 10.9. The van der Waals surface area contributed by atoms with Crippen molar-refractivity contribution in [3.8, 4) is 17.1 Å². The Balaban J connectivity index is 1.35. The topological polar surface area (TPSA) is 85.8 Å². The summed E-state index contributed by atoms with van der Waals surface area (Å²) in [6.07, 6.45) is 1.09. The second kappa shape index (κ2) is 8.86. The van der Waals surface area contributed by atoms with Gasteiger partial charge in [-0.1, -0.05) is 17.3 Å². The standard InChI is InChI=1S/C22H19F2N5O2/c1-14-13-19(29(27-14)18-6-3-2-5-17(18)24)25-20(30)7-4-8-21-26-22(28-31-21)15-9-11-16(23)12-10-15/h2-3,5-6,9-13H,4,7-8H2,1H3,(H,25,30). The Hall–Kier alpha value is -3.88. The van der Waals surface area contributed by atoms with Gasteiger partial charge in [-0.2, -0.15) is 10.1 Å². The first kappa shape index (κ1) is 20.4. The molecule has 0 unspecified atom stereocenters. The first-order chi connectivity index (χ1) is 15.0. The van der Waals surface area contributed by atoms with Crippen LogP contribution >= 0.6 is 0 Å². The van der Waals surface area contributed by atoms with Gasteiger partial charge in [-0.15, -0.1) is 0 Å². The van der Waals surface area contributed by atoms with E-state index in [2.05, 4.69) is 20.6 Å². The van der Waals surface area contributed by atoms with E-state index in [1.54, 1.807) is 43.3 Å². The lowest BCUT2D eigenvalue weighted by molar-refractivity contribution is -0.116. The number of aryl methyl sites for hydroxylation is 2. The van der Waals surface area contributed by atoms with Crippen LogP contribution in [-0.2, 0) is 11.2 Å². The summed E-state index contributed by atoms with van der Waals surface area (Å²) in [4.78, 5) is 16.7. The number of amides is 1. The second-order valence-electron chi connectivity index (χ2n) is 6.95. The van der Waals surface area contributed by atoms with E-state index < -0.39 is 5.82 Å². The zero-order chi connectivity index (χ0) is 21.8. The van der Waals surface area contributed by atoms with E-state index in [4.69, 9.17) is 4.52 Å². The highest BCUT2D eigenvalue weighted by molar-refractivity contribution is 5.90. The van der Waals surface area contributed by atoms with E-state index in [0.29, 0.717) is 41.6 Å². The van der Waals surface area contributed by atoms with Crippen LogP contribution in [0.25, 0.3) is 17.1 Å². The minimum absolute atomic E-state index is 0.204. The van der Waals surface area contributed by atoms with Gasteiger partial charge in [0.25, 0.3) is 0 Å². The largest absolute Gasteiger partial charge is 0.339 e. The van der Waals surface area contributed by atoms with Gasteiger partial charge >= 0.3 is 0 Å². The number of carbonyl (C=O) groups excluding carboxylic acids is 1. The maximum absolute atomic E-state index is 14.1. The first-order valence-electron chi connectivity index (χ1n) is 9.69. The first-order valence-corrected chi connectivity index (χ1v) is 9.69. The molecule has 0 bridgehead atoms. The molecule has 0 saturated carbocycles. The van der Waals surface area contributed by atoms with Crippen LogP contribution in [0, 0.1) is 18.6 Å². The van der Waals surface area contributed by atoms with Gasteiger partial charge in [-0.25, -0.2) is 13.5 Å². The van der Waals surface area contributed by atoms with Crippen LogP contribution in [0.1, 0.15) is 24.4 Å².